The highest BCUT2D eigenvalue weighted by Gasteiger charge is 2.72. The van der Waals surface area contributed by atoms with Crippen LogP contribution in [0, 0.1) is 0 Å². The number of benzene rings is 1. The molecule has 6 nitrogen and oxygen atoms in total. The van der Waals surface area contributed by atoms with E-state index in [1.54, 1.807) is 6.07 Å². The summed E-state index contributed by atoms with van der Waals surface area (Å²) in [5.74, 6) is 0.550. The first-order chi connectivity index (χ1) is 12.1. The molecule has 2 aliphatic heterocycles. The maximum atomic E-state index is 11.9. The van der Waals surface area contributed by atoms with Crippen LogP contribution in [0.5, 0.6) is 11.5 Å². The van der Waals surface area contributed by atoms with Crippen molar-refractivity contribution >= 4 is 5.71 Å². The number of aliphatic hydroxyl groups is 1. The number of piperidine rings is 1. The molecule has 2 heterocycles. The van der Waals surface area contributed by atoms with Crippen LogP contribution in [0.2, 0.25) is 0 Å². The van der Waals surface area contributed by atoms with Gasteiger partial charge in [0.25, 0.3) is 0 Å². The molecule has 25 heavy (non-hydrogen) atoms. The predicted molar refractivity (Wildman–Crippen MR) is 91.5 cm³/mol. The van der Waals surface area contributed by atoms with Gasteiger partial charge in [0.05, 0.1) is 16.7 Å². The molecule has 0 unspecified atom stereocenters. The van der Waals surface area contributed by atoms with E-state index in [1.807, 2.05) is 12.1 Å². The van der Waals surface area contributed by atoms with Crippen LogP contribution in [0.15, 0.2) is 29.9 Å². The fourth-order valence-electron chi connectivity index (χ4n) is 5.92. The van der Waals surface area contributed by atoms with Gasteiger partial charge in [-0.1, -0.05) is 17.3 Å². The minimum atomic E-state index is -0.973. The van der Waals surface area contributed by atoms with Crippen LogP contribution in [-0.4, -0.2) is 56.9 Å². The molecule has 0 radical (unpaired) electrons. The highest BCUT2D eigenvalue weighted by molar-refractivity contribution is 5.94. The molecule has 0 amide bonds. The highest BCUT2D eigenvalue weighted by atomic mass is 16.5. The zero-order valence-electron chi connectivity index (χ0n) is 14.0. The summed E-state index contributed by atoms with van der Waals surface area (Å²) in [4.78, 5) is 2.30. The molecule has 3 N–H and O–H groups in total. The Kier molecular flexibility index (Phi) is 2.90. The summed E-state index contributed by atoms with van der Waals surface area (Å²) in [5, 5.41) is 35.3. The number of phenols is 1. The lowest BCUT2D eigenvalue weighted by molar-refractivity contribution is -0.164. The van der Waals surface area contributed by atoms with Gasteiger partial charge in [0.1, 0.15) is 0 Å². The van der Waals surface area contributed by atoms with Gasteiger partial charge in [-0.05, 0) is 37.3 Å². The van der Waals surface area contributed by atoms with Gasteiger partial charge in [0.15, 0.2) is 17.6 Å². The minimum Gasteiger partial charge on any atom is -0.504 e. The molecule has 1 aromatic carbocycles. The van der Waals surface area contributed by atoms with E-state index in [1.165, 1.54) is 0 Å². The maximum absolute atomic E-state index is 11.9. The third kappa shape index (κ3) is 1.56. The fraction of sp³-hybridized carbons (Fsp3) is 0.526. The lowest BCUT2D eigenvalue weighted by Gasteiger charge is -2.62. The Labute approximate surface area is 146 Å². The number of phenolic OH excluding ortho intramolecular Hbond substituents is 1. The Morgan fingerprint density at radius 2 is 2.24 bits per heavy atom. The predicted octanol–water partition coefficient (Wildman–Crippen LogP) is 1.56. The Morgan fingerprint density at radius 3 is 3.00 bits per heavy atom. The second kappa shape index (κ2) is 4.77. The Bertz CT molecular complexity index is 807. The molecule has 6 heteroatoms. The van der Waals surface area contributed by atoms with Crippen molar-refractivity contribution in [1.82, 2.24) is 4.90 Å². The summed E-state index contributed by atoms with van der Waals surface area (Å²) in [7, 11) is 0. The van der Waals surface area contributed by atoms with Gasteiger partial charge in [-0.3, -0.25) is 4.90 Å². The van der Waals surface area contributed by atoms with E-state index in [0.29, 0.717) is 30.7 Å². The molecule has 132 valence electrons. The van der Waals surface area contributed by atoms with Gasteiger partial charge in [0.2, 0.25) is 0 Å². The monoisotopic (exact) mass is 342 g/mol. The molecule has 2 bridgehead atoms. The molecule has 2 fully saturated rings. The van der Waals surface area contributed by atoms with Crippen molar-refractivity contribution in [1.29, 1.82) is 0 Å². The molecule has 1 saturated heterocycles. The van der Waals surface area contributed by atoms with Crippen LogP contribution in [0.1, 0.15) is 30.4 Å². The van der Waals surface area contributed by atoms with Gasteiger partial charge < -0.3 is 20.2 Å². The molecule has 1 saturated carbocycles. The lowest BCUT2D eigenvalue weighted by atomic mass is 9.49. The summed E-state index contributed by atoms with van der Waals surface area (Å²) in [5.41, 5.74) is 0.966. The number of ether oxygens (including phenoxy) is 1. The standard InChI is InChI=1S/C19H22N2O4/c1-2-8-21-9-7-18-15-11-3-4-13(22)16(15)25-17(18)12(20-24)5-6-19(18,23)14(21)10-11/h2-4,14,17,22-24H,1,5-10H2/t14-,17+,18+,19-/m1/s1. The molecular formula is C19H22N2O4. The molecule has 2 aliphatic carbocycles. The highest BCUT2D eigenvalue weighted by Crippen LogP contribution is 2.64. The fourth-order valence-corrected chi connectivity index (χ4v) is 5.92. The SMILES string of the molecule is C=CCN1CC[C@]23c4c5ccc(O)c4O[C@H]2C(=NO)CC[C@@]3(O)[C@H]1C5. The van der Waals surface area contributed by atoms with Crippen LogP contribution in [-0.2, 0) is 11.8 Å². The van der Waals surface area contributed by atoms with Gasteiger partial charge >= 0.3 is 0 Å². The van der Waals surface area contributed by atoms with Crippen molar-refractivity contribution < 1.29 is 20.2 Å². The second-order valence-electron chi connectivity index (χ2n) is 7.69. The third-order valence-corrected chi connectivity index (χ3v) is 6.88. The van der Waals surface area contributed by atoms with Crippen LogP contribution >= 0.6 is 0 Å². The summed E-state index contributed by atoms with van der Waals surface area (Å²) in [6.45, 7) is 5.40. The van der Waals surface area contributed by atoms with E-state index < -0.39 is 17.1 Å². The first-order valence-electron chi connectivity index (χ1n) is 8.87. The van der Waals surface area contributed by atoms with Crippen LogP contribution < -0.4 is 4.74 Å². The zero-order chi connectivity index (χ0) is 17.4. The summed E-state index contributed by atoms with van der Waals surface area (Å²) in [6, 6.07) is 3.57. The van der Waals surface area contributed by atoms with E-state index >= 15 is 0 Å². The van der Waals surface area contributed by atoms with Crippen LogP contribution in [0.4, 0.5) is 0 Å². The van der Waals surface area contributed by atoms with Crippen LogP contribution in [0.25, 0.3) is 0 Å². The van der Waals surface area contributed by atoms with Gasteiger partial charge in [-0.25, -0.2) is 0 Å². The van der Waals surface area contributed by atoms with Crippen molar-refractivity contribution in [3.05, 3.63) is 35.9 Å². The third-order valence-electron chi connectivity index (χ3n) is 6.88. The molecule has 1 aromatic rings. The normalized spacial score (nSPS) is 39.8. The Hall–Kier alpha value is -2.05. The topological polar surface area (TPSA) is 85.5 Å². The molecule has 4 atom stereocenters. The molecule has 4 aliphatic rings. The minimum absolute atomic E-state index is 0.0337. The summed E-state index contributed by atoms with van der Waals surface area (Å²) >= 11 is 0. The van der Waals surface area contributed by atoms with Gasteiger partial charge in [-0.2, -0.15) is 0 Å². The Balaban J connectivity index is 1.79. The van der Waals surface area contributed by atoms with E-state index in [4.69, 9.17) is 4.74 Å². The molecule has 1 spiro atoms. The number of aromatic hydroxyl groups is 1. The summed E-state index contributed by atoms with van der Waals surface area (Å²) in [6.07, 6.45) is 3.79. The number of nitrogens with zero attached hydrogens (tertiary/aromatic N) is 2. The van der Waals surface area contributed by atoms with Gasteiger partial charge in [-0.15, -0.1) is 6.58 Å². The van der Waals surface area contributed by atoms with Crippen molar-refractivity contribution in [2.45, 2.75) is 48.8 Å². The average Bonchev–Trinajstić information content (AvgIpc) is 2.95. The van der Waals surface area contributed by atoms with Crippen molar-refractivity contribution in [3.8, 4) is 11.5 Å². The molecule has 0 aromatic heterocycles. The lowest BCUT2D eigenvalue weighted by Crippen LogP contribution is -2.76. The zero-order valence-corrected chi connectivity index (χ0v) is 14.0. The van der Waals surface area contributed by atoms with Gasteiger partial charge in [0, 0.05) is 24.7 Å². The van der Waals surface area contributed by atoms with E-state index in [0.717, 1.165) is 30.6 Å². The van der Waals surface area contributed by atoms with E-state index in [2.05, 4.69) is 16.6 Å². The smallest absolute Gasteiger partial charge is 0.166 e. The second-order valence-corrected chi connectivity index (χ2v) is 7.69. The number of hydrogen-bond donors (Lipinski definition) is 3. The first kappa shape index (κ1) is 15.2. The Morgan fingerprint density at radius 1 is 1.40 bits per heavy atom. The van der Waals surface area contributed by atoms with Crippen molar-refractivity contribution in [3.63, 3.8) is 0 Å². The first-order valence-corrected chi connectivity index (χ1v) is 8.87. The number of oxime groups is 1. The average molecular weight is 342 g/mol. The maximum Gasteiger partial charge on any atom is 0.166 e. The largest absolute Gasteiger partial charge is 0.504 e. The number of rotatable bonds is 2. The van der Waals surface area contributed by atoms with E-state index in [9.17, 15) is 15.4 Å². The summed E-state index contributed by atoms with van der Waals surface area (Å²) < 4.78 is 6.13. The van der Waals surface area contributed by atoms with Crippen LogP contribution in [0.3, 0.4) is 0 Å². The van der Waals surface area contributed by atoms with Crippen molar-refractivity contribution in [2.75, 3.05) is 13.1 Å². The number of likely N-dealkylation sites (tertiary alicyclic amines) is 1. The molecule has 5 rings (SSSR count). The van der Waals surface area contributed by atoms with E-state index in [-0.39, 0.29) is 11.8 Å². The quantitative estimate of drug-likeness (QED) is 0.431. The molecular weight excluding hydrogens is 320 g/mol. The van der Waals surface area contributed by atoms with Crippen molar-refractivity contribution in [2.24, 2.45) is 5.16 Å². The number of hydrogen-bond acceptors (Lipinski definition) is 6.